The molecule has 0 radical (unpaired) electrons. The van der Waals surface area contributed by atoms with Gasteiger partial charge in [-0.25, -0.2) is 0 Å². The summed E-state index contributed by atoms with van der Waals surface area (Å²) in [5.41, 5.74) is 2.26. The van der Waals surface area contributed by atoms with Crippen LogP contribution in [0.5, 0.6) is 0 Å². The second-order valence-corrected chi connectivity index (χ2v) is 8.92. The maximum Gasteiger partial charge on any atom is 0.242 e. The van der Waals surface area contributed by atoms with Crippen LogP contribution < -0.4 is 5.32 Å². The summed E-state index contributed by atoms with van der Waals surface area (Å²) >= 11 is 5.18. The molecule has 0 aliphatic heterocycles. The van der Waals surface area contributed by atoms with Gasteiger partial charge in [0.05, 0.1) is 0 Å². The Labute approximate surface area is 186 Å². The van der Waals surface area contributed by atoms with E-state index in [9.17, 15) is 9.59 Å². The largest absolute Gasteiger partial charge is 0.354 e. The molecule has 0 unspecified atom stereocenters. The average Bonchev–Trinajstić information content (AvgIpc) is 2.74. The fraction of sp³-hybridized carbons (Fsp3) is 0.391. The highest BCUT2D eigenvalue weighted by atomic mass is 79.9. The molecule has 0 heterocycles. The molecule has 4 nitrogen and oxygen atoms in total. The lowest BCUT2D eigenvalue weighted by Crippen LogP contribution is -2.47. The van der Waals surface area contributed by atoms with Crippen LogP contribution in [0.2, 0.25) is 0 Å². The number of nitrogens with one attached hydrogen (secondary N) is 1. The second kappa shape index (κ2) is 12.7. The molecule has 0 fully saturated rings. The van der Waals surface area contributed by atoms with E-state index in [1.54, 1.807) is 23.6 Å². The van der Waals surface area contributed by atoms with Crippen molar-refractivity contribution in [2.45, 2.75) is 45.0 Å². The molecule has 1 N–H and O–H groups in total. The first-order valence-corrected chi connectivity index (χ1v) is 11.9. The van der Waals surface area contributed by atoms with Crippen molar-refractivity contribution in [1.29, 1.82) is 0 Å². The number of carbonyl (C=O) groups excluding carboxylic acids is 2. The maximum atomic E-state index is 13.0. The monoisotopic (exact) mass is 476 g/mol. The normalized spacial score (nSPS) is 11.7. The predicted octanol–water partition coefficient (Wildman–Crippen LogP) is 5.02. The van der Waals surface area contributed by atoms with Gasteiger partial charge in [0.25, 0.3) is 0 Å². The van der Waals surface area contributed by atoms with Crippen LogP contribution in [0.1, 0.15) is 37.8 Å². The van der Waals surface area contributed by atoms with Crippen LogP contribution in [-0.2, 0) is 21.9 Å². The Balaban J connectivity index is 1.97. The van der Waals surface area contributed by atoms with Crippen molar-refractivity contribution >= 4 is 39.5 Å². The number of halogens is 1. The highest BCUT2D eigenvalue weighted by Crippen LogP contribution is 2.17. The molecular formula is C23H29BrN2O2S. The van der Waals surface area contributed by atoms with E-state index in [4.69, 9.17) is 0 Å². The molecule has 6 heteroatoms. The Hall–Kier alpha value is -1.79. The lowest BCUT2D eigenvalue weighted by Gasteiger charge is -2.29. The molecular weight excluding hydrogens is 448 g/mol. The number of amides is 2. The molecule has 0 bridgehead atoms. The van der Waals surface area contributed by atoms with E-state index >= 15 is 0 Å². The van der Waals surface area contributed by atoms with Gasteiger partial charge in [-0.05, 0) is 36.6 Å². The van der Waals surface area contributed by atoms with Crippen molar-refractivity contribution < 1.29 is 9.59 Å². The molecule has 0 saturated carbocycles. The number of thioether (sulfide) groups is 1. The van der Waals surface area contributed by atoms with Crippen molar-refractivity contribution in [1.82, 2.24) is 10.2 Å². The second-order valence-electron chi connectivity index (χ2n) is 6.90. The van der Waals surface area contributed by atoms with E-state index in [2.05, 4.69) is 33.4 Å². The Morgan fingerprint density at radius 1 is 1.07 bits per heavy atom. The summed E-state index contributed by atoms with van der Waals surface area (Å²) in [5.74, 6) is 1.52. The maximum absolute atomic E-state index is 13.0. The van der Waals surface area contributed by atoms with E-state index in [-0.39, 0.29) is 11.8 Å². The number of hydrogen-bond acceptors (Lipinski definition) is 3. The van der Waals surface area contributed by atoms with Crippen LogP contribution in [0.3, 0.4) is 0 Å². The lowest BCUT2D eigenvalue weighted by atomic mass is 10.1. The molecule has 0 spiro atoms. The summed E-state index contributed by atoms with van der Waals surface area (Å²) in [6.07, 6.45) is 1.29. The van der Waals surface area contributed by atoms with Crippen LogP contribution in [0.25, 0.3) is 0 Å². The van der Waals surface area contributed by atoms with Gasteiger partial charge in [-0.2, -0.15) is 11.8 Å². The molecule has 0 saturated heterocycles. The standard InChI is InChI=1S/C23H29BrN2O2S/c1-3-14-25-23(28)18(2)26(16-19-9-11-21(24)12-10-19)22(27)13-15-29-17-20-7-5-4-6-8-20/h4-12,18H,3,13-17H2,1-2H3,(H,25,28)/t18-/m1/s1. The van der Waals surface area contributed by atoms with E-state index in [1.165, 1.54) is 5.56 Å². The molecule has 0 aliphatic rings. The third-order valence-corrected chi connectivity index (χ3v) is 6.11. The number of rotatable bonds is 11. The molecule has 156 valence electrons. The topological polar surface area (TPSA) is 49.4 Å². The molecule has 29 heavy (non-hydrogen) atoms. The molecule has 2 amide bonds. The van der Waals surface area contributed by atoms with Crippen molar-refractivity contribution in [2.75, 3.05) is 12.3 Å². The summed E-state index contributed by atoms with van der Waals surface area (Å²) in [4.78, 5) is 27.2. The number of nitrogens with zero attached hydrogens (tertiary/aromatic N) is 1. The van der Waals surface area contributed by atoms with Gasteiger partial charge in [-0.3, -0.25) is 9.59 Å². The minimum absolute atomic E-state index is 0.00706. The zero-order chi connectivity index (χ0) is 21.1. The fourth-order valence-electron chi connectivity index (χ4n) is 2.83. The molecule has 0 aromatic heterocycles. The van der Waals surface area contributed by atoms with E-state index < -0.39 is 6.04 Å². The van der Waals surface area contributed by atoms with Gasteiger partial charge >= 0.3 is 0 Å². The molecule has 2 aromatic rings. The first kappa shape index (κ1) is 23.5. The number of hydrogen-bond donors (Lipinski definition) is 1. The first-order chi connectivity index (χ1) is 14.0. The molecule has 1 atom stereocenters. The minimum atomic E-state index is -0.503. The Bertz CT molecular complexity index is 768. The van der Waals surface area contributed by atoms with Gasteiger partial charge in [0, 0.05) is 35.5 Å². The van der Waals surface area contributed by atoms with E-state index in [0.717, 1.165) is 28.0 Å². The number of carbonyl (C=O) groups is 2. The fourth-order valence-corrected chi connectivity index (χ4v) is 3.99. The van der Waals surface area contributed by atoms with Crippen LogP contribution in [0, 0.1) is 0 Å². The zero-order valence-electron chi connectivity index (χ0n) is 17.1. The van der Waals surface area contributed by atoms with E-state index in [1.807, 2.05) is 49.4 Å². The Morgan fingerprint density at radius 2 is 1.76 bits per heavy atom. The summed E-state index contributed by atoms with van der Waals surface area (Å²) < 4.78 is 0.991. The van der Waals surface area contributed by atoms with Crippen molar-refractivity contribution in [2.24, 2.45) is 0 Å². The van der Waals surface area contributed by atoms with Crippen LogP contribution in [0.4, 0.5) is 0 Å². The lowest BCUT2D eigenvalue weighted by molar-refractivity contribution is -0.140. The van der Waals surface area contributed by atoms with Gasteiger partial charge in [-0.15, -0.1) is 0 Å². The smallest absolute Gasteiger partial charge is 0.242 e. The predicted molar refractivity (Wildman–Crippen MR) is 125 cm³/mol. The Morgan fingerprint density at radius 3 is 2.41 bits per heavy atom. The van der Waals surface area contributed by atoms with Gasteiger partial charge in [-0.1, -0.05) is 65.3 Å². The van der Waals surface area contributed by atoms with Crippen LogP contribution >= 0.6 is 27.7 Å². The van der Waals surface area contributed by atoms with Gasteiger partial charge in [0.15, 0.2) is 0 Å². The summed E-state index contributed by atoms with van der Waals surface area (Å²) in [7, 11) is 0. The summed E-state index contributed by atoms with van der Waals surface area (Å²) in [5, 5.41) is 2.91. The first-order valence-electron chi connectivity index (χ1n) is 9.94. The summed E-state index contributed by atoms with van der Waals surface area (Å²) in [6.45, 7) is 4.87. The van der Waals surface area contributed by atoms with Crippen LogP contribution in [-0.4, -0.2) is 35.1 Å². The number of benzene rings is 2. The van der Waals surface area contributed by atoms with Crippen LogP contribution in [0.15, 0.2) is 59.1 Å². The average molecular weight is 477 g/mol. The van der Waals surface area contributed by atoms with E-state index in [0.29, 0.717) is 19.5 Å². The minimum Gasteiger partial charge on any atom is -0.354 e. The SMILES string of the molecule is CCCNC(=O)[C@@H](C)N(Cc1ccc(Br)cc1)C(=O)CCSCc1ccccc1. The highest BCUT2D eigenvalue weighted by molar-refractivity contribution is 9.10. The van der Waals surface area contributed by atoms with Gasteiger partial charge in [0.2, 0.25) is 11.8 Å². The summed E-state index contributed by atoms with van der Waals surface area (Å²) in [6, 6.07) is 17.6. The van der Waals surface area contributed by atoms with Gasteiger partial charge < -0.3 is 10.2 Å². The Kier molecular flexibility index (Phi) is 10.3. The zero-order valence-corrected chi connectivity index (χ0v) is 19.5. The van der Waals surface area contributed by atoms with Crippen molar-refractivity contribution in [3.8, 4) is 0 Å². The third-order valence-electron chi connectivity index (χ3n) is 4.55. The molecule has 0 aliphatic carbocycles. The van der Waals surface area contributed by atoms with Crippen molar-refractivity contribution in [3.63, 3.8) is 0 Å². The highest BCUT2D eigenvalue weighted by Gasteiger charge is 2.25. The van der Waals surface area contributed by atoms with Crippen molar-refractivity contribution in [3.05, 3.63) is 70.2 Å². The van der Waals surface area contributed by atoms with Gasteiger partial charge in [0.1, 0.15) is 6.04 Å². The molecule has 2 aromatic carbocycles. The third kappa shape index (κ3) is 8.23. The molecule has 2 rings (SSSR count). The quantitative estimate of drug-likeness (QED) is 0.463.